The van der Waals surface area contributed by atoms with E-state index in [1.54, 1.807) is 0 Å². The second-order valence-electron chi connectivity index (χ2n) is 13.6. The van der Waals surface area contributed by atoms with Crippen LogP contribution >= 0.6 is 0 Å². The molecule has 3 aromatic rings. The van der Waals surface area contributed by atoms with Gasteiger partial charge in [0.1, 0.15) is 17.2 Å². The average molecular weight is 643 g/mol. The molecule has 0 aliphatic rings. The van der Waals surface area contributed by atoms with Gasteiger partial charge in [-0.05, 0) is 76.1 Å². The fourth-order valence-corrected chi connectivity index (χ4v) is 7.08. The number of ether oxygens (including phenoxy) is 3. The molecule has 0 saturated heterocycles. The second-order valence-corrected chi connectivity index (χ2v) is 13.6. The van der Waals surface area contributed by atoms with Crippen LogP contribution in [0, 0.1) is 20.8 Å². The van der Waals surface area contributed by atoms with E-state index in [0.717, 1.165) is 77.5 Å². The number of hydrogen-bond donors (Lipinski definition) is 0. The van der Waals surface area contributed by atoms with Crippen molar-refractivity contribution >= 4 is 17.9 Å². The molecule has 6 nitrogen and oxygen atoms in total. The molecule has 0 heterocycles. The molecule has 47 heavy (non-hydrogen) atoms. The maximum absolute atomic E-state index is 12.8. The van der Waals surface area contributed by atoms with Crippen LogP contribution in [0.25, 0.3) is 0 Å². The summed E-state index contributed by atoms with van der Waals surface area (Å²) in [4.78, 5) is 37.1. The molecular weight excluding hydrogens is 588 g/mol. The number of benzene rings is 3. The molecule has 0 N–H and O–H groups in total. The molecule has 254 valence electrons. The van der Waals surface area contributed by atoms with Gasteiger partial charge in [-0.3, -0.25) is 14.4 Å². The van der Waals surface area contributed by atoms with Crippen molar-refractivity contribution in [2.24, 2.45) is 0 Å². The van der Waals surface area contributed by atoms with E-state index in [9.17, 15) is 14.4 Å². The molecule has 0 amide bonds. The lowest BCUT2D eigenvalue weighted by Crippen LogP contribution is -2.31. The first-order chi connectivity index (χ1) is 22.2. The van der Waals surface area contributed by atoms with E-state index in [-0.39, 0.29) is 23.3 Å². The highest BCUT2D eigenvalue weighted by Gasteiger charge is 2.38. The normalized spacial score (nSPS) is 13.7. The van der Waals surface area contributed by atoms with E-state index in [1.165, 1.54) is 20.8 Å². The van der Waals surface area contributed by atoms with Gasteiger partial charge in [-0.2, -0.15) is 0 Å². The standard InChI is InChI=1S/C41H54O6/c1-11-14-20-41(13-3,35-23-28(5)16-18-38(35)46-31(8)43)26-34-22-29(6)24-36(39(34)47-32(9)44)40(10,19-12-2)25-33-21-27(4)15-17-37(33)45-30(7)42/h15-18,21-24H,11-14,19-20,25-26H2,1-10H3. The van der Waals surface area contributed by atoms with Crippen LogP contribution in [0.5, 0.6) is 17.2 Å². The van der Waals surface area contributed by atoms with Gasteiger partial charge in [0.15, 0.2) is 0 Å². The number of hydrogen-bond acceptors (Lipinski definition) is 6. The van der Waals surface area contributed by atoms with Crippen molar-refractivity contribution in [2.75, 3.05) is 0 Å². The third kappa shape index (κ3) is 9.56. The SMILES string of the molecule is CCCCC(CC)(Cc1cc(C)cc(C(C)(CCC)Cc2cc(C)ccc2OC(C)=O)c1OC(C)=O)c1cc(C)ccc1OC(C)=O. The van der Waals surface area contributed by atoms with Crippen LogP contribution in [-0.4, -0.2) is 17.9 Å². The first-order valence-electron chi connectivity index (χ1n) is 17.1. The van der Waals surface area contributed by atoms with E-state index >= 15 is 0 Å². The van der Waals surface area contributed by atoms with Crippen molar-refractivity contribution in [3.63, 3.8) is 0 Å². The van der Waals surface area contributed by atoms with Crippen molar-refractivity contribution in [3.8, 4) is 17.2 Å². The molecular formula is C41H54O6. The van der Waals surface area contributed by atoms with Crippen molar-refractivity contribution in [2.45, 2.75) is 131 Å². The summed E-state index contributed by atoms with van der Waals surface area (Å²) in [5, 5.41) is 0. The summed E-state index contributed by atoms with van der Waals surface area (Å²) in [6.07, 6.45) is 6.59. The Hall–Kier alpha value is -3.93. The Morgan fingerprint density at radius 1 is 0.617 bits per heavy atom. The van der Waals surface area contributed by atoms with E-state index in [4.69, 9.17) is 14.2 Å². The zero-order chi connectivity index (χ0) is 34.9. The number of aryl methyl sites for hydroxylation is 3. The maximum Gasteiger partial charge on any atom is 0.308 e. The smallest absolute Gasteiger partial charge is 0.308 e. The molecule has 0 spiro atoms. The fraction of sp³-hybridized carbons (Fsp3) is 0.488. The maximum atomic E-state index is 12.8. The van der Waals surface area contributed by atoms with Gasteiger partial charge in [-0.25, -0.2) is 0 Å². The van der Waals surface area contributed by atoms with Gasteiger partial charge in [0.2, 0.25) is 0 Å². The monoisotopic (exact) mass is 642 g/mol. The summed E-state index contributed by atoms with van der Waals surface area (Å²) in [6.45, 7) is 19.2. The van der Waals surface area contributed by atoms with Gasteiger partial charge in [0.05, 0.1) is 0 Å². The minimum Gasteiger partial charge on any atom is -0.426 e. The molecule has 6 heteroatoms. The summed E-state index contributed by atoms with van der Waals surface area (Å²) in [7, 11) is 0. The van der Waals surface area contributed by atoms with Gasteiger partial charge in [0, 0.05) is 42.7 Å². The molecule has 0 radical (unpaired) electrons. The van der Waals surface area contributed by atoms with Crippen LogP contribution in [0.3, 0.4) is 0 Å². The van der Waals surface area contributed by atoms with Crippen LogP contribution in [0.4, 0.5) is 0 Å². The zero-order valence-corrected chi connectivity index (χ0v) is 30.2. The molecule has 0 saturated carbocycles. The molecule has 2 unspecified atom stereocenters. The zero-order valence-electron chi connectivity index (χ0n) is 30.2. The molecule has 0 aliphatic carbocycles. The number of carbonyl (C=O) groups is 3. The summed E-state index contributed by atoms with van der Waals surface area (Å²) in [5.74, 6) is 0.632. The third-order valence-corrected chi connectivity index (χ3v) is 9.23. The number of rotatable bonds is 15. The molecule has 2 atom stereocenters. The highest BCUT2D eigenvalue weighted by Crippen LogP contribution is 2.47. The molecule has 0 fully saturated rings. The predicted octanol–water partition coefficient (Wildman–Crippen LogP) is 9.77. The highest BCUT2D eigenvalue weighted by molar-refractivity contribution is 5.72. The van der Waals surface area contributed by atoms with Crippen molar-refractivity contribution in [1.29, 1.82) is 0 Å². The summed E-state index contributed by atoms with van der Waals surface area (Å²) >= 11 is 0. The first kappa shape index (κ1) is 37.5. The quantitative estimate of drug-likeness (QED) is 0.121. The van der Waals surface area contributed by atoms with E-state index < -0.39 is 5.41 Å². The van der Waals surface area contributed by atoms with Gasteiger partial charge in [0.25, 0.3) is 0 Å². The molecule has 0 aliphatic heterocycles. The second kappa shape index (κ2) is 16.3. The van der Waals surface area contributed by atoms with E-state index in [1.807, 2.05) is 31.2 Å². The van der Waals surface area contributed by atoms with Crippen LogP contribution in [0.1, 0.15) is 126 Å². The highest BCUT2D eigenvalue weighted by atomic mass is 16.5. The lowest BCUT2D eigenvalue weighted by Gasteiger charge is -2.37. The largest absolute Gasteiger partial charge is 0.426 e. The average Bonchev–Trinajstić information content (AvgIpc) is 2.98. The fourth-order valence-electron chi connectivity index (χ4n) is 7.08. The Kier molecular flexibility index (Phi) is 13.0. The van der Waals surface area contributed by atoms with Crippen LogP contribution in [-0.2, 0) is 38.1 Å². The van der Waals surface area contributed by atoms with Gasteiger partial charge in [-0.1, -0.05) is 100 Å². The predicted molar refractivity (Wildman–Crippen MR) is 189 cm³/mol. The minimum absolute atomic E-state index is 0.353. The summed E-state index contributed by atoms with van der Waals surface area (Å²) in [5.41, 5.74) is 6.26. The summed E-state index contributed by atoms with van der Waals surface area (Å²) in [6, 6.07) is 16.2. The Morgan fingerprint density at radius 2 is 1.17 bits per heavy atom. The Balaban J connectivity index is 2.33. The molecule has 0 bridgehead atoms. The molecule has 0 aromatic heterocycles. The van der Waals surface area contributed by atoms with E-state index in [0.29, 0.717) is 30.1 Å². The third-order valence-electron chi connectivity index (χ3n) is 9.23. The number of carbonyl (C=O) groups excluding carboxylic acids is 3. The van der Waals surface area contributed by atoms with Crippen molar-refractivity contribution in [3.05, 3.63) is 87.5 Å². The minimum atomic E-state index is -0.451. The molecule has 3 rings (SSSR count). The van der Waals surface area contributed by atoms with Crippen LogP contribution in [0.2, 0.25) is 0 Å². The van der Waals surface area contributed by atoms with Crippen molar-refractivity contribution < 1.29 is 28.6 Å². The Labute approximate surface area is 282 Å². The summed E-state index contributed by atoms with van der Waals surface area (Å²) < 4.78 is 17.7. The topological polar surface area (TPSA) is 78.9 Å². The number of esters is 3. The lowest BCUT2D eigenvalue weighted by atomic mass is 9.68. The van der Waals surface area contributed by atoms with Gasteiger partial charge in [-0.15, -0.1) is 0 Å². The number of unbranched alkanes of at least 4 members (excludes halogenated alkanes) is 1. The molecule has 3 aromatic carbocycles. The van der Waals surface area contributed by atoms with Crippen LogP contribution in [0.15, 0.2) is 48.5 Å². The van der Waals surface area contributed by atoms with E-state index in [2.05, 4.69) is 65.8 Å². The van der Waals surface area contributed by atoms with Gasteiger partial charge >= 0.3 is 17.9 Å². The lowest BCUT2D eigenvalue weighted by molar-refractivity contribution is -0.133. The first-order valence-corrected chi connectivity index (χ1v) is 17.1. The van der Waals surface area contributed by atoms with Crippen LogP contribution < -0.4 is 14.2 Å². The van der Waals surface area contributed by atoms with Gasteiger partial charge < -0.3 is 14.2 Å². The van der Waals surface area contributed by atoms with Crippen molar-refractivity contribution in [1.82, 2.24) is 0 Å². The Morgan fingerprint density at radius 3 is 1.74 bits per heavy atom. The Bertz CT molecular complexity index is 1590.